The third kappa shape index (κ3) is 5.94. The summed E-state index contributed by atoms with van der Waals surface area (Å²) < 4.78 is 0. The molecule has 1 aliphatic heterocycles. The Balaban J connectivity index is 2.35. The lowest BCUT2D eigenvalue weighted by atomic mass is 9.92. The molecule has 1 aliphatic rings. The molecule has 1 rings (SSSR count). The maximum absolute atomic E-state index is 12.0. The lowest BCUT2D eigenvalue weighted by Crippen LogP contribution is -2.44. The molecule has 0 aliphatic carbocycles. The number of hydrogen-bond donors (Lipinski definition) is 1. The highest BCUT2D eigenvalue weighted by atomic mass is 16.6. The standard InChI is InChI=1S/C14H27N3O2/c1-10(2)5-13(15)16-19-9-14(18)17-7-11(3)6-12(4)8-17/h10-12H,5-9H2,1-4H3,(H2,15,16). The van der Waals surface area contributed by atoms with Crippen molar-refractivity contribution in [1.82, 2.24) is 4.90 Å². The van der Waals surface area contributed by atoms with E-state index in [1.165, 1.54) is 6.42 Å². The molecule has 1 saturated heterocycles. The number of likely N-dealkylation sites (tertiary alicyclic amines) is 1. The normalized spacial score (nSPS) is 24.7. The van der Waals surface area contributed by atoms with E-state index in [1.54, 1.807) is 0 Å². The van der Waals surface area contributed by atoms with Gasteiger partial charge in [-0.05, 0) is 24.2 Å². The number of carbonyl (C=O) groups is 1. The van der Waals surface area contributed by atoms with Gasteiger partial charge in [-0.25, -0.2) is 0 Å². The summed E-state index contributed by atoms with van der Waals surface area (Å²) in [7, 11) is 0. The molecule has 1 heterocycles. The number of oxime groups is 1. The SMILES string of the molecule is CC(C)C/C(N)=N/OCC(=O)N1CC(C)CC(C)C1. The first-order chi connectivity index (χ1) is 8.88. The molecule has 2 unspecified atom stereocenters. The molecule has 1 fully saturated rings. The lowest BCUT2D eigenvalue weighted by molar-refractivity contribution is -0.138. The largest absolute Gasteiger partial charge is 0.384 e. The summed E-state index contributed by atoms with van der Waals surface area (Å²) in [6, 6.07) is 0. The Morgan fingerprint density at radius 3 is 2.47 bits per heavy atom. The van der Waals surface area contributed by atoms with Crippen LogP contribution in [0.5, 0.6) is 0 Å². The number of nitrogens with two attached hydrogens (primary N) is 1. The van der Waals surface area contributed by atoms with Crippen LogP contribution < -0.4 is 5.73 Å². The molecule has 0 aromatic heterocycles. The summed E-state index contributed by atoms with van der Waals surface area (Å²) in [6.45, 7) is 10.1. The van der Waals surface area contributed by atoms with Gasteiger partial charge in [-0.2, -0.15) is 0 Å². The van der Waals surface area contributed by atoms with Crippen LogP contribution in [0.15, 0.2) is 5.16 Å². The van der Waals surface area contributed by atoms with Gasteiger partial charge in [0, 0.05) is 19.5 Å². The minimum Gasteiger partial charge on any atom is -0.384 e. The van der Waals surface area contributed by atoms with Crippen LogP contribution in [-0.2, 0) is 9.63 Å². The van der Waals surface area contributed by atoms with Crippen LogP contribution in [-0.4, -0.2) is 36.3 Å². The zero-order chi connectivity index (χ0) is 14.4. The molecule has 5 heteroatoms. The van der Waals surface area contributed by atoms with Crippen LogP contribution >= 0.6 is 0 Å². The van der Waals surface area contributed by atoms with Crippen molar-refractivity contribution in [2.45, 2.75) is 40.5 Å². The molecule has 19 heavy (non-hydrogen) atoms. The van der Waals surface area contributed by atoms with Crippen molar-refractivity contribution in [3.63, 3.8) is 0 Å². The van der Waals surface area contributed by atoms with E-state index in [2.05, 4.69) is 32.9 Å². The van der Waals surface area contributed by atoms with E-state index < -0.39 is 0 Å². The van der Waals surface area contributed by atoms with Gasteiger partial charge in [0.25, 0.3) is 5.91 Å². The van der Waals surface area contributed by atoms with Gasteiger partial charge in [0.05, 0.1) is 0 Å². The minimum absolute atomic E-state index is 0.000466. The van der Waals surface area contributed by atoms with E-state index in [1.807, 2.05) is 4.90 Å². The third-order valence-corrected chi connectivity index (χ3v) is 3.21. The second-order valence-electron chi connectivity index (χ2n) is 6.20. The summed E-state index contributed by atoms with van der Waals surface area (Å²) in [5.74, 6) is 2.00. The molecule has 1 amide bonds. The van der Waals surface area contributed by atoms with Gasteiger partial charge < -0.3 is 15.5 Å². The Bertz CT molecular complexity index is 319. The molecule has 2 N–H and O–H groups in total. The molecule has 0 aromatic carbocycles. The van der Waals surface area contributed by atoms with E-state index in [-0.39, 0.29) is 12.5 Å². The van der Waals surface area contributed by atoms with Crippen LogP contribution in [0.1, 0.15) is 40.5 Å². The van der Waals surface area contributed by atoms with E-state index >= 15 is 0 Å². The van der Waals surface area contributed by atoms with Crippen molar-refractivity contribution in [1.29, 1.82) is 0 Å². The predicted molar refractivity (Wildman–Crippen MR) is 76.6 cm³/mol. The minimum atomic E-state index is -0.0156. The van der Waals surface area contributed by atoms with Gasteiger partial charge in [-0.1, -0.05) is 32.9 Å². The van der Waals surface area contributed by atoms with Crippen molar-refractivity contribution in [2.24, 2.45) is 28.6 Å². The Labute approximate surface area is 116 Å². The summed E-state index contributed by atoms with van der Waals surface area (Å²) in [5.41, 5.74) is 5.68. The number of amides is 1. The highest BCUT2D eigenvalue weighted by molar-refractivity contribution is 5.80. The van der Waals surface area contributed by atoms with E-state index in [0.29, 0.717) is 30.0 Å². The maximum Gasteiger partial charge on any atom is 0.263 e. The fraction of sp³-hybridized carbons (Fsp3) is 0.857. The van der Waals surface area contributed by atoms with Crippen LogP contribution in [0.3, 0.4) is 0 Å². The van der Waals surface area contributed by atoms with E-state index in [4.69, 9.17) is 10.6 Å². The second-order valence-corrected chi connectivity index (χ2v) is 6.20. The average molecular weight is 269 g/mol. The van der Waals surface area contributed by atoms with Gasteiger partial charge in [0.2, 0.25) is 0 Å². The predicted octanol–water partition coefficient (Wildman–Crippen LogP) is 1.83. The second kappa shape index (κ2) is 7.36. The maximum atomic E-state index is 12.0. The Morgan fingerprint density at radius 2 is 1.95 bits per heavy atom. The van der Waals surface area contributed by atoms with Gasteiger partial charge >= 0.3 is 0 Å². The molecule has 0 saturated carbocycles. The fourth-order valence-electron chi connectivity index (χ4n) is 2.58. The molecule has 0 bridgehead atoms. The summed E-state index contributed by atoms with van der Waals surface area (Å²) in [4.78, 5) is 18.9. The van der Waals surface area contributed by atoms with Crippen molar-refractivity contribution in [3.8, 4) is 0 Å². The summed E-state index contributed by atoms with van der Waals surface area (Å²) in [5, 5.41) is 3.78. The van der Waals surface area contributed by atoms with E-state index in [9.17, 15) is 4.79 Å². The number of carbonyl (C=O) groups excluding carboxylic acids is 1. The Morgan fingerprint density at radius 1 is 1.37 bits per heavy atom. The summed E-state index contributed by atoms with van der Waals surface area (Å²) in [6.07, 6.45) is 1.87. The summed E-state index contributed by atoms with van der Waals surface area (Å²) >= 11 is 0. The molecule has 0 spiro atoms. The number of nitrogens with zero attached hydrogens (tertiary/aromatic N) is 2. The lowest BCUT2D eigenvalue weighted by Gasteiger charge is -2.34. The Hall–Kier alpha value is -1.26. The van der Waals surface area contributed by atoms with Gasteiger partial charge in [0.1, 0.15) is 5.84 Å². The molecule has 0 aromatic rings. The first-order valence-corrected chi connectivity index (χ1v) is 7.10. The molecule has 2 atom stereocenters. The molecule has 110 valence electrons. The highest BCUT2D eigenvalue weighted by Gasteiger charge is 2.25. The Kier molecular flexibility index (Phi) is 6.12. The van der Waals surface area contributed by atoms with Gasteiger partial charge in [-0.15, -0.1) is 0 Å². The number of piperidine rings is 1. The van der Waals surface area contributed by atoms with Crippen LogP contribution in [0.25, 0.3) is 0 Å². The van der Waals surface area contributed by atoms with Crippen molar-refractivity contribution in [3.05, 3.63) is 0 Å². The number of amidine groups is 1. The quantitative estimate of drug-likeness (QED) is 0.470. The first kappa shape index (κ1) is 15.8. The monoisotopic (exact) mass is 269 g/mol. The van der Waals surface area contributed by atoms with E-state index in [0.717, 1.165) is 13.1 Å². The van der Waals surface area contributed by atoms with Crippen molar-refractivity contribution >= 4 is 11.7 Å². The first-order valence-electron chi connectivity index (χ1n) is 7.10. The van der Waals surface area contributed by atoms with Crippen molar-refractivity contribution in [2.75, 3.05) is 19.7 Å². The smallest absolute Gasteiger partial charge is 0.263 e. The molecule has 0 radical (unpaired) electrons. The topological polar surface area (TPSA) is 67.9 Å². The van der Waals surface area contributed by atoms with Crippen LogP contribution in [0, 0.1) is 17.8 Å². The molecule has 5 nitrogen and oxygen atoms in total. The third-order valence-electron chi connectivity index (χ3n) is 3.21. The zero-order valence-corrected chi connectivity index (χ0v) is 12.6. The van der Waals surface area contributed by atoms with Gasteiger partial charge in [0.15, 0.2) is 6.61 Å². The molecular formula is C14H27N3O2. The van der Waals surface area contributed by atoms with Crippen molar-refractivity contribution < 1.29 is 9.63 Å². The fourth-order valence-corrected chi connectivity index (χ4v) is 2.58. The van der Waals surface area contributed by atoms with Crippen LogP contribution in [0.4, 0.5) is 0 Å². The number of rotatable bonds is 5. The average Bonchev–Trinajstić information content (AvgIpc) is 2.26. The number of hydrogen-bond acceptors (Lipinski definition) is 3. The van der Waals surface area contributed by atoms with Crippen LogP contribution in [0.2, 0.25) is 0 Å². The zero-order valence-electron chi connectivity index (χ0n) is 12.6. The van der Waals surface area contributed by atoms with Gasteiger partial charge in [-0.3, -0.25) is 4.79 Å². The molecular weight excluding hydrogens is 242 g/mol. The highest BCUT2D eigenvalue weighted by Crippen LogP contribution is 2.20.